The largest absolute Gasteiger partial charge is 0.508 e. The van der Waals surface area contributed by atoms with Crippen molar-refractivity contribution in [3.8, 4) is 22.6 Å². The predicted octanol–water partition coefficient (Wildman–Crippen LogP) is 4.15. The zero-order chi connectivity index (χ0) is 19.1. The molecule has 0 unspecified atom stereocenters. The first-order valence-corrected chi connectivity index (χ1v) is 9.12. The standard InChI is InChI=1S/C23H25NO3/c1-17(23(26)20-7-11-21(25)12-8-20)24-15-16-27-22-13-9-19(10-14-22)18-5-3-2-4-6-18/h2-14,17,23-26H,15-16H2,1H3/t17-,23-/m0/s1. The van der Waals surface area contributed by atoms with Gasteiger partial charge in [0.2, 0.25) is 0 Å². The summed E-state index contributed by atoms with van der Waals surface area (Å²) in [6, 6.07) is 24.7. The van der Waals surface area contributed by atoms with E-state index in [1.165, 1.54) is 5.56 Å². The first-order valence-electron chi connectivity index (χ1n) is 9.12. The lowest BCUT2D eigenvalue weighted by Crippen LogP contribution is -2.35. The van der Waals surface area contributed by atoms with Crippen LogP contribution >= 0.6 is 0 Å². The fourth-order valence-electron chi connectivity index (χ4n) is 2.90. The maximum absolute atomic E-state index is 10.4. The molecule has 0 spiro atoms. The fraction of sp³-hybridized carbons (Fsp3) is 0.217. The molecule has 0 saturated carbocycles. The Bertz CT molecular complexity index is 817. The van der Waals surface area contributed by atoms with Gasteiger partial charge in [0.15, 0.2) is 0 Å². The molecule has 140 valence electrons. The molecule has 0 aliphatic carbocycles. The lowest BCUT2D eigenvalue weighted by Gasteiger charge is -2.21. The summed E-state index contributed by atoms with van der Waals surface area (Å²) in [6.07, 6.45) is -0.643. The molecule has 4 nitrogen and oxygen atoms in total. The molecule has 0 aliphatic heterocycles. The van der Waals surface area contributed by atoms with Gasteiger partial charge in [-0.2, -0.15) is 0 Å². The fourth-order valence-corrected chi connectivity index (χ4v) is 2.90. The average molecular weight is 363 g/mol. The highest BCUT2D eigenvalue weighted by Gasteiger charge is 2.15. The Labute approximate surface area is 160 Å². The van der Waals surface area contributed by atoms with E-state index >= 15 is 0 Å². The van der Waals surface area contributed by atoms with Crippen molar-refractivity contribution in [2.24, 2.45) is 0 Å². The Balaban J connectivity index is 1.43. The molecule has 0 heterocycles. The van der Waals surface area contributed by atoms with Crippen molar-refractivity contribution in [2.45, 2.75) is 19.1 Å². The van der Waals surface area contributed by atoms with Crippen LogP contribution in [0.2, 0.25) is 0 Å². The van der Waals surface area contributed by atoms with E-state index in [2.05, 4.69) is 29.6 Å². The number of nitrogens with one attached hydrogen (secondary N) is 1. The first-order chi connectivity index (χ1) is 13.1. The Morgan fingerprint density at radius 2 is 1.48 bits per heavy atom. The van der Waals surface area contributed by atoms with Gasteiger partial charge >= 0.3 is 0 Å². The van der Waals surface area contributed by atoms with Crippen molar-refractivity contribution in [3.63, 3.8) is 0 Å². The highest BCUT2D eigenvalue weighted by Crippen LogP contribution is 2.22. The van der Waals surface area contributed by atoms with Crippen LogP contribution in [0.5, 0.6) is 11.5 Å². The number of ether oxygens (including phenoxy) is 1. The lowest BCUT2D eigenvalue weighted by molar-refractivity contribution is 0.133. The Morgan fingerprint density at radius 1 is 0.852 bits per heavy atom. The Hall–Kier alpha value is -2.82. The molecular weight excluding hydrogens is 338 g/mol. The number of phenolic OH excluding ortho intramolecular Hbond substituents is 1. The normalized spacial score (nSPS) is 13.1. The third-order valence-electron chi connectivity index (χ3n) is 4.51. The molecule has 2 atom stereocenters. The van der Waals surface area contributed by atoms with Crippen LogP contribution in [0, 0.1) is 0 Å². The number of hydrogen-bond donors (Lipinski definition) is 3. The van der Waals surface area contributed by atoms with Crippen LogP contribution in [0.25, 0.3) is 11.1 Å². The van der Waals surface area contributed by atoms with Gasteiger partial charge in [-0.15, -0.1) is 0 Å². The van der Waals surface area contributed by atoms with Gasteiger partial charge in [-0.1, -0.05) is 54.6 Å². The minimum absolute atomic E-state index is 0.126. The summed E-state index contributed by atoms with van der Waals surface area (Å²) < 4.78 is 5.77. The maximum atomic E-state index is 10.4. The van der Waals surface area contributed by atoms with Crippen molar-refractivity contribution in [3.05, 3.63) is 84.4 Å². The minimum atomic E-state index is -0.643. The summed E-state index contributed by atoms with van der Waals surface area (Å²) in [7, 11) is 0. The van der Waals surface area contributed by atoms with E-state index in [4.69, 9.17) is 4.74 Å². The van der Waals surface area contributed by atoms with E-state index in [-0.39, 0.29) is 11.8 Å². The van der Waals surface area contributed by atoms with Gasteiger partial charge in [0.25, 0.3) is 0 Å². The van der Waals surface area contributed by atoms with Gasteiger partial charge in [-0.25, -0.2) is 0 Å². The molecule has 0 fully saturated rings. The third-order valence-corrected chi connectivity index (χ3v) is 4.51. The molecule has 0 radical (unpaired) electrons. The van der Waals surface area contributed by atoms with E-state index < -0.39 is 6.10 Å². The molecule has 3 aromatic rings. The second-order valence-corrected chi connectivity index (χ2v) is 6.52. The predicted molar refractivity (Wildman–Crippen MR) is 108 cm³/mol. The summed E-state index contributed by atoms with van der Waals surface area (Å²) in [5.74, 6) is 1.02. The van der Waals surface area contributed by atoms with Gasteiger partial charge in [0.1, 0.15) is 18.1 Å². The molecule has 0 saturated heterocycles. The second kappa shape index (κ2) is 9.21. The molecule has 4 heteroatoms. The van der Waals surface area contributed by atoms with Gasteiger partial charge in [0.05, 0.1) is 6.10 Å². The summed E-state index contributed by atoms with van der Waals surface area (Å²) >= 11 is 0. The van der Waals surface area contributed by atoms with Crippen LogP contribution in [0.15, 0.2) is 78.9 Å². The summed E-state index contributed by atoms with van der Waals surface area (Å²) in [5.41, 5.74) is 3.11. The smallest absolute Gasteiger partial charge is 0.119 e. The van der Waals surface area contributed by atoms with Crippen LogP contribution in [-0.2, 0) is 0 Å². The summed E-state index contributed by atoms with van der Waals surface area (Å²) in [6.45, 7) is 3.06. The van der Waals surface area contributed by atoms with E-state index in [1.807, 2.05) is 37.3 Å². The van der Waals surface area contributed by atoms with Crippen molar-refractivity contribution in [1.82, 2.24) is 5.32 Å². The molecule has 3 N–H and O–H groups in total. The van der Waals surface area contributed by atoms with Crippen LogP contribution < -0.4 is 10.1 Å². The van der Waals surface area contributed by atoms with Crippen LogP contribution in [0.1, 0.15) is 18.6 Å². The Morgan fingerprint density at radius 3 is 2.15 bits per heavy atom. The molecule has 0 amide bonds. The van der Waals surface area contributed by atoms with E-state index in [0.29, 0.717) is 13.2 Å². The van der Waals surface area contributed by atoms with Crippen LogP contribution in [-0.4, -0.2) is 29.4 Å². The number of phenols is 1. The molecule has 3 rings (SSSR count). The van der Waals surface area contributed by atoms with Gasteiger partial charge < -0.3 is 20.3 Å². The van der Waals surface area contributed by atoms with Crippen molar-refractivity contribution < 1.29 is 14.9 Å². The highest BCUT2D eigenvalue weighted by atomic mass is 16.5. The molecule has 27 heavy (non-hydrogen) atoms. The monoisotopic (exact) mass is 363 g/mol. The molecular formula is C23H25NO3. The summed E-state index contributed by atoms with van der Waals surface area (Å²) in [4.78, 5) is 0. The van der Waals surface area contributed by atoms with Gasteiger partial charge in [-0.3, -0.25) is 0 Å². The average Bonchev–Trinajstić information content (AvgIpc) is 2.72. The van der Waals surface area contributed by atoms with Gasteiger partial charge in [-0.05, 0) is 47.9 Å². The van der Waals surface area contributed by atoms with Crippen LogP contribution in [0.3, 0.4) is 0 Å². The minimum Gasteiger partial charge on any atom is -0.508 e. The SMILES string of the molecule is C[C@H](NCCOc1ccc(-c2ccccc2)cc1)[C@H](O)c1ccc(O)cc1. The van der Waals surface area contributed by atoms with Crippen molar-refractivity contribution in [2.75, 3.05) is 13.2 Å². The van der Waals surface area contributed by atoms with E-state index in [0.717, 1.165) is 16.9 Å². The zero-order valence-electron chi connectivity index (χ0n) is 15.4. The quantitative estimate of drug-likeness (QED) is 0.526. The number of rotatable bonds is 8. The zero-order valence-corrected chi connectivity index (χ0v) is 15.4. The van der Waals surface area contributed by atoms with E-state index in [1.54, 1.807) is 24.3 Å². The maximum Gasteiger partial charge on any atom is 0.119 e. The number of aliphatic hydroxyl groups is 1. The lowest BCUT2D eigenvalue weighted by atomic mass is 10.0. The molecule has 3 aromatic carbocycles. The third kappa shape index (κ3) is 5.33. The number of benzene rings is 3. The molecule has 0 aromatic heterocycles. The van der Waals surface area contributed by atoms with Crippen molar-refractivity contribution >= 4 is 0 Å². The molecule has 0 aliphatic rings. The first kappa shape index (κ1) is 19.0. The van der Waals surface area contributed by atoms with E-state index in [9.17, 15) is 10.2 Å². The topological polar surface area (TPSA) is 61.7 Å². The number of aromatic hydroxyl groups is 1. The highest BCUT2D eigenvalue weighted by molar-refractivity contribution is 5.63. The Kier molecular flexibility index (Phi) is 6.47. The van der Waals surface area contributed by atoms with Crippen LogP contribution in [0.4, 0.5) is 0 Å². The summed E-state index contributed by atoms with van der Waals surface area (Å²) in [5, 5.41) is 22.9. The number of hydrogen-bond acceptors (Lipinski definition) is 4. The number of aliphatic hydroxyl groups excluding tert-OH is 1. The van der Waals surface area contributed by atoms with Gasteiger partial charge in [0, 0.05) is 12.6 Å². The molecule has 0 bridgehead atoms. The van der Waals surface area contributed by atoms with Crippen molar-refractivity contribution in [1.29, 1.82) is 0 Å². The second-order valence-electron chi connectivity index (χ2n) is 6.52.